The minimum absolute atomic E-state index is 0.105. The van der Waals surface area contributed by atoms with Crippen LogP contribution >= 0.6 is 23.2 Å². The van der Waals surface area contributed by atoms with E-state index in [9.17, 15) is 9.59 Å². The Balaban J connectivity index is 1.09. The lowest BCUT2D eigenvalue weighted by Gasteiger charge is -2.44. The van der Waals surface area contributed by atoms with Crippen LogP contribution in [0, 0.1) is 5.92 Å². The van der Waals surface area contributed by atoms with E-state index >= 15 is 0 Å². The minimum atomic E-state index is -0.748. The molecular weight excluding hydrogens is 703 g/mol. The van der Waals surface area contributed by atoms with E-state index in [0.29, 0.717) is 50.0 Å². The number of aromatic amines is 1. The number of hydrogen-bond acceptors (Lipinski definition) is 8. The first-order valence-electron chi connectivity index (χ1n) is 17.9. The number of hydrogen-bond donors (Lipinski definition) is 0. The van der Waals surface area contributed by atoms with E-state index in [1.54, 1.807) is 48.8 Å². The molecule has 8 rings (SSSR count). The molecule has 2 aromatic heterocycles. The molecule has 10 nitrogen and oxygen atoms in total. The van der Waals surface area contributed by atoms with Crippen LogP contribution < -0.4 is 19.4 Å². The number of methoxy groups -OCH3 is 1. The number of nitrogens with one attached hydrogen (secondary N) is 1. The first-order valence-corrected chi connectivity index (χ1v) is 18.7. The van der Waals surface area contributed by atoms with Crippen molar-refractivity contribution in [1.29, 1.82) is 0 Å². The molecular formula is C40H43Cl2N4O6+. The molecule has 1 aliphatic carbocycles. The summed E-state index contributed by atoms with van der Waals surface area (Å²) in [6, 6.07) is 18.0. The van der Waals surface area contributed by atoms with Gasteiger partial charge in [-0.25, -0.2) is 19.6 Å². The fraction of sp³-hybridized carbons (Fsp3) is 0.400. The largest absolute Gasteiger partial charge is 0.493 e. The Hall–Kier alpha value is -4.38. The molecule has 3 aliphatic heterocycles. The van der Waals surface area contributed by atoms with Gasteiger partial charge >= 0.3 is 12.1 Å². The quantitative estimate of drug-likeness (QED) is 0.135. The molecule has 1 N–H and O–H groups in total. The van der Waals surface area contributed by atoms with Crippen LogP contribution in [0.1, 0.15) is 71.7 Å². The highest BCUT2D eigenvalue weighted by Crippen LogP contribution is 2.37. The van der Waals surface area contributed by atoms with Gasteiger partial charge in [-0.2, -0.15) is 0 Å². The fourth-order valence-corrected chi connectivity index (χ4v) is 7.90. The number of carbonyl (C=O) groups excluding carboxylic acids is 2. The van der Waals surface area contributed by atoms with Crippen LogP contribution in [0.3, 0.4) is 0 Å². The Morgan fingerprint density at radius 3 is 2.37 bits per heavy atom. The van der Waals surface area contributed by atoms with Crippen molar-refractivity contribution < 1.29 is 33.5 Å². The molecule has 5 heterocycles. The van der Waals surface area contributed by atoms with Crippen LogP contribution in [0.5, 0.6) is 11.5 Å². The number of amides is 1. The lowest BCUT2D eigenvalue weighted by Crippen LogP contribution is -2.53. The molecule has 2 aromatic carbocycles. The third-order valence-electron chi connectivity index (χ3n) is 10.3. The summed E-state index contributed by atoms with van der Waals surface area (Å²) < 4.78 is 24.3. The third kappa shape index (κ3) is 8.46. The number of carbonyl (C=O) groups is 2. The van der Waals surface area contributed by atoms with Gasteiger partial charge in [0.05, 0.1) is 25.3 Å². The summed E-state index contributed by atoms with van der Waals surface area (Å²) in [6.07, 6.45) is 10.2. The van der Waals surface area contributed by atoms with Crippen molar-refractivity contribution in [1.82, 2.24) is 9.88 Å². The first-order chi connectivity index (χ1) is 25.3. The van der Waals surface area contributed by atoms with Gasteiger partial charge in [0.2, 0.25) is 0 Å². The van der Waals surface area contributed by atoms with Crippen LogP contribution in [0.4, 0.5) is 10.6 Å². The van der Waals surface area contributed by atoms with Crippen molar-refractivity contribution in [3.63, 3.8) is 0 Å². The van der Waals surface area contributed by atoms with Gasteiger partial charge in [0.15, 0.2) is 23.9 Å². The minimum Gasteiger partial charge on any atom is -0.493 e. The zero-order valence-corrected chi connectivity index (χ0v) is 30.7. The summed E-state index contributed by atoms with van der Waals surface area (Å²) in [6.45, 7) is 3.09. The average Bonchev–Trinajstić information content (AvgIpc) is 3.69. The number of benzene rings is 2. The smallest absolute Gasteiger partial charge is 0.416 e. The fourth-order valence-electron chi connectivity index (χ4n) is 7.37. The normalized spacial score (nSPS) is 20.2. The molecule has 272 valence electrons. The van der Waals surface area contributed by atoms with Crippen LogP contribution in [-0.2, 0) is 22.4 Å². The van der Waals surface area contributed by atoms with E-state index in [1.807, 2.05) is 42.5 Å². The lowest BCUT2D eigenvalue weighted by molar-refractivity contribution is -0.377. The molecule has 2 atom stereocenters. The average molecular weight is 747 g/mol. The van der Waals surface area contributed by atoms with Crippen LogP contribution in [-0.4, -0.2) is 60.9 Å². The highest BCUT2D eigenvalue weighted by Gasteiger charge is 2.37. The van der Waals surface area contributed by atoms with E-state index in [0.717, 1.165) is 63.7 Å². The molecule has 1 amide bonds. The number of esters is 1. The molecule has 4 aromatic rings. The number of anilines is 1. The van der Waals surface area contributed by atoms with Crippen LogP contribution in [0.2, 0.25) is 10.0 Å². The second kappa shape index (κ2) is 16.5. The van der Waals surface area contributed by atoms with Gasteiger partial charge in [0.25, 0.3) is 0 Å². The van der Waals surface area contributed by atoms with Gasteiger partial charge in [-0.05, 0) is 105 Å². The maximum atomic E-state index is 13.8. The van der Waals surface area contributed by atoms with Crippen molar-refractivity contribution in [2.75, 3.05) is 31.6 Å². The Bertz CT molecular complexity index is 1830. The van der Waals surface area contributed by atoms with E-state index in [-0.39, 0.29) is 25.2 Å². The summed E-state index contributed by atoms with van der Waals surface area (Å²) in [7, 11) is 1.61. The van der Waals surface area contributed by atoms with Gasteiger partial charge in [-0.3, -0.25) is 9.80 Å². The van der Waals surface area contributed by atoms with Crippen LogP contribution in [0.25, 0.3) is 0 Å². The van der Waals surface area contributed by atoms with E-state index in [1.165, 1.54) is 0 Å². The maximum Gasteiger partial charge on any atom is 0.416 e. The number of nitrogens with zero attached hydrogens (tertiary/aromatic N) is 3. The number of H-pyrrole nitrogens is 1. The molecule has 0 unspecified atom stereocenters. The van der Waals surface area contributed by atoms with E-state index in [4.69, 9.17) is 42.1 Å². The summed E-state index contributed by atoms with van der Waals surface area (Å²) in [5.74, 6) is 1.55. The van der Waals surface area contributed by atoms with Crippen molar-refractivity contribution in [3.8, 4) is 11.5 Å². The van der Waals surface area contributed by atoms with Crippen molar-refractivity contribution >= 4 is 41.1 Å². The standard InChI is InChI=1S/C40H42Cl2N4O6/c1-49-34-14-13-29(20-36(34)50-30-6-2-3-7-30)35(21-31-32(41)22-43-23-33(31)42)51-39(47)28-11-9-26(10-12-28)24-46(38-8-4-5-17-44-38)40(48)52-37-25-45-18-15-27(37)16-19-45/h4-5,8-14,17,20,22-23,27,30,35,37H,2-3,6-7,15-16,18-19,21,24-25H2,1H3/p+1/t35-,37-/m0/s1. The third-order valence-corrected chi connectivity index (χ3v) is 11.0. The number of pyridine rings is 2. The zero-order chi connectivity index (χ0) is 36.0. The number of halogens is 2. The van der Waals surface area contributed by atoms with Gasteiger partial charge in [0.1, 0.15) is 28.1 Å². The number of fused-ring (bicyclic) bond motifs is 3. The molecule has 0 radical (unpaired) electrons. The zero-order valence-electron chi connectivity index (χ0n) is 29.1. The number of piperidine rings is 3. The number of aromatic nitrogens is 2. The molecule has 4 aliphatic rings. The van der Waals surface area contributed by atoms with Gasteiger partial charge in [-0.15, -0.1) is 0 Å². The summed E-state index contributed by atoms with van der Waals surface area (Å²) in [5, 5.41) is 0.858. The monoisotopic (exact) mass is 745 g/mol. The van der Waals surface area contributed by atoms with E-state index < -0.39 is 18.2 Å². The second-order valence-corrected chi connectivity index (χ2v) is 14.5. The van der Waals surface area contributed by atoms with Gasteiger partial charge in [-0.1, -0.05) is 47.5 Å². The Labute approximate surface area is 313 Å². The van der Waals surface area contributed by atoms with Crippen molar-refractivity contribution in [2.45, 2.75) is 69.8 Å². The molecule has 3 saturated heterocycles. The molecule has 4 fully saturated rings. The Morgan fingerprint density at radius 1 is 0.962 bits per heavy atom. The van der Waals surface area contributed by atoms with Gasteiger partial charge in [0, 0.05) is 24.7 Å². The first kappa shape index (κ1) is 36.0. The van der Waals surface area contributed by atoms with E-state index in [2.05, 4.69) is 14.9 Å². The molecule has 2 bridgehead atoms. The molecule has 1 saturated carbocycles. The predicted octanol–water partition coefficient (Wildman–Crippen LogP) is 7.91. The second-order valence-electron chi connectivity index (χ2n) is 13.7. The number of rotatable bonds is 12. The molecule has 0 spiro atoms. The summed E-state index contributed by atoms with van der Waals surface area (Å²) >= 11 is 13.1. The summed E-state index contributed by atoms with van der Waals surface area (Å²) in [4.78, 5) is 38.7. The maximum absolute atomic E-state index is 13.8. The van der Waals surface area contributed by atoms with Crippen molar-refractivity contribution in [2.24, 2.45) is 5.92 Å². The Morgan fingerprint density at radius 2 is 1.71 bits per heavy atom. The predicted molar refractivity (Wildman–Crippen MR) is 197 cm³/mol. The molecule has 12 heteroatoms. The lowest BCUT2D eigenvalue weighted by atomic mass is 9.86. The topological polar surface area (TPSA) is 105 Å². The van der Waals surface area contributed by atoms with Gasteiger partial charge < -0.3 is 18.9 Å². The molecule has 52 heavy (non-hydrogen) atoms. The summed E-state index contributed by atoms with van der Waals surface area (Å²) in [5.41, 5.74) is 2.50. The SMILES string of the molecule is COc1ccc([C@H](Cc2c(Cl)c[nH+]cc2Cl)OC(=O)c2ccc(CN(C(=O)O[C@H]3CN4CCC3CC4)c3ccccn3)cc2)cc1OC1CCCC1. The Kier molecular flexibility index (Phi) is 11.4. The highest BCUT2D eigenvalue weighted by atomic mass is 35.5. The highest BCUT2D eigenvalue weighted by molar-refractivity contribution is 6.35. The van der Waals surface area contributed by atoms with Crippen molar-refractivity contribution in [3.05, 3.63) is 112 Å². The number of ether oxygens (including phenoxy) is 4. The van der Waals surface area contributed by atoms with Crippen LogP contribution in [0.15, 0.2) is 79.3 Å².